The summed E-state index contributed by atoms with van der Waals surface area (Å²) in [5, 5.41) is 11.5. The van der Waals surface area contributed by atoms with E-state index in [1.807, 2.05) is 41.3 Å². The molecule has 162 valence electrons. The molecule has 4 rings (SSSR count). The van der Waals surface area contributed by atoms with Crippen LogP contribution in [0, 0.1) is 22.5 Å². The first-order valence-electron chi connectivity index (χ1n) is 10.0. The van der Waals surface area contributed by atoms with Crippen LogP contribution in [-0.4, -0.2) is 23.2 Å². The van der Waals surface area contributed by atoms with E-state index in [0.29, 0.717) is 23.4 Å². The predicted molar refractivity (Wildman–Crippen MR) is 121 cm³/mol. The average Bonchev–Trinajstić information content (AvgIpc) is 2.96. The fourth-order valence-electron chi connectivity index (χ4n) is 4.48. The smallest absolute Gasteiger partial charge is 0.330 e. The maximum absolute atomic E-state index is 11.7. The van der Waals surface area contributed by atoms with Gasteiger partial charge in [-0.05, 0) is 37.6 Å². The lowest BCUT2D eigenvalue weighted by molar-refractivity contribution is -0.385. The van der Waals surface area contributed by atoms with E-state index < -0.39 is 22.0 Å². The molecule has 2 aromatic rings. The number of hydrogen-bond donors (Lipinski definition) is 0. The molecule has 0 fully saturated rings. The van der Waals surface area contributed by atoms with Crippen molar-refractivity contribution >= 4 is 23.4 Å². The normalized spacial score (nSPS) is 19.5. The van der Waals surface area contributed by atoms with Crippen molar-refractivity contribution in [1.82, 2.24) is 0 Å². The highest BCUT2D eigenvalue weighted by Gasteiger charge is 2.58. The number of non-ortho nitro benzene ring substituents is 1. The Morgan fingerprint density at radius 2 is 2.12 bits per heavy atom. The van der Waals surface area contributed by atoms with Crippen LogP contribution < -0.4 is 9.64 Å². The van der Waals surface area contributed by atoms with E-state index in [1.54, 1.807) is 0 Å². The first-order valence-corrected chi connectivity index (χ1v) is 10.0. The summed E-state index contributed by atoms with van der Waals surface area (Å²) < 4.78 is 11.9. The summed E-state index contributed by atoms with van der Waals surface area (Å²) in [5.74, 6) is 2.50. The Bertz CT molecular complexity index is 1210. The van der Waals surface area contributed by atoms with Gasteiger partial charge in [0, 0.05) is 35.0 Å². The molecule has 0 aliphatic carbocycles. The van der Waals surface area contributed by atoms with Crippen molar-refractivity contribution in [2.75, 3.05) is 11.4 Å². The van der Waals surface area contributed by atoms with Crippen LogP contribution in [0.2, 0.25) is 0 Å². The molecular weight excluding hydrogens is 408 g/mol. The summed E-state index contributed by atoms with van der Waals surface area (Å²) in [6.07, 6.45) is 10.5. The summed E-state index contributed by atoms with van der Waals surface area (Å²) in [5.41, 5.74) is 1.36. The lowest BCUT2D eigenvalue weighted by atomic mass is 9.76. The second kappa shape index (κ2) is 7.57. The van der Waals surface area contributed by atoms with Gasteiger partial charge in [-0.15, -0.1) is 6.42 Å². The van der Waals surface area contributed by atoms with Gasteiger partial charge in [0.05, 0.1) is 16.9 Å². The molecule has 0 aromatic heterocycles. The molecule has 32 heavy (non-hydrogen) atoms. The van der Waals surface area contributed by atoms with Crippen molar-refractivity contribution in [3.05, 3.63) is 81.9 Å². The average molecular weight is 430 g/mol. The number of benzene rings is 2. The van der Waals surface area contributed by atoms with Crippen LogP contribution in [0.5, 0.6) is 5.75 Å². The zero-order valence-corrected chi connectivity index (χ0v) is 17.8. The van der Waals surface area contributed by atoms with Gasteiger partial charge in [0.25, 0.3) is 5.69 Å². The number of hydrogen-bond acceptors (Lipinski definition) is 6. The third kappa shape index (κ3) is 3.04. The number of nitro groups is 1. The molecule has 1 spiro atoms. The molecule has 0 amide bonds. The molecule has 7 nitrogen and oxygen atoms in total. The topological polar surface area (TPSA) is 81.9 Å². The molecule has 0 radical (unpaired) electrons. The molecule has 0 bridgehead atoms. The maximum atomic E-state index is 11.7. The molecule has 0 saturated heterocycles. The Kier molecular flexibility index (Phi) is 5.02. The summed E-state index contributed by atoms with van der Waals surface area (Å²) in [4.78, 5) is 24.6. The number of esters is 1. The summed E-state index contributed by atoms with van der Waals surface area (Å²) in [6.45, 7) is 7.63. The van der Waals surface area contributed by atoms with Gasteiger partial charge in [-0.3, -0.25) is 10.1 Å². The Hall–Kier alpha value is -4.05. The van der Waals surface area contributed by atoms with Gasteiger partial charge < -0.3 is 14.4 Å². The summed E-state index contributed by atoms with van der Waals surface area (Å²) in [7, 11) is 0. The number of carbonyl (C=O) groups is 1. The van der Waals surface area contributed by atoms with Crippen LogP contribution in [0.4, 0.5) is 11.4 Å². The molecule has 0 N–H and O–H groups in total. The summed E-state index contributed by atoms with van der Waals surface area (Å²) >= 11 is 0. The first kappa shape index (κ1) is 21.2. The highest BCUT2D eigenvalue weighted by atomic mass is 16.6. The molecule has 2 aliphatic rings. The molecule has 2 aliphatic heterocycles. The number of nitro benzene ring substituents is 1. The van der Waals surface area contributed by atoms with Crippen molar-refractivity contribution < 1.29 is 19.2 Å². The predicted octanol–water partition coefficient (Wildman–Crippen LogP) is 4.36. The van der Waals surface area contributed by atoms with Crippen LogP contribution in [0.25, 0.3) is 6.08 Å². The minimum atomic E-state index is -0.969. The fraction of sp³-hybridized carbons (Fsp3) is 0.240. The number of para-hydroxylation sites is 1. The van der Waals surface area contributed by atoms with Crippen LogP contribution >= 0.6 is 0 Å². The monoisotopic (exact) mass is 430 g/mol. The fourth-order valence-corrected chi connectivity index (χ4v) is 4.48. The van der Waals surface area contributed by atoms with E-state index in [0.717, 1.165) is 17.3 Å². The van der Waals surface area contributed by atoms with Crippen molar-refractivity contribution in [3.8, 4) is 18.1 Å². The maximum Gasteiger partial charge on any atom is 0.330 e. The molecule has 7 heteroatoms. The Balaban J connectivity index is 1.87. The van der Waals surface area contributed by atoms with Gasteiger partial charge in [-0.2, -0.15) is 0 Å². The minimum absolute atomic E-state index is 0.118. The number of fused-ring (bicyclic) bond motifs is 2. The number of terminal acetylenes is 1. The van der Waals surface area contributed by atoms with Gasteiger partial charge in [0.15, 0.2) is 0 Å². The lowest BCUT2D eigenvalue weighted by Gasteiger charge is -2.47. The van der Waals surface area contributed by atoms with E-state index in [9.17, 15) is 14.9 Å². The largest absolute Gasteiger partial charge is 0.462 e. The second-order valence-electron chi connectivity index (χ2n) is 8.16. The quantitative estimate of drug-likeness (QED) is 0.231. The van der Waals surface area contributed by atoms with Crippen LogP contribution in [0.3, 0.4) is 0 Å². The van der Waals surface area contributed by atoms with E-state index in [-0.39, 0.29) is 12.3 Å². The number of anilines is 1. The van der Waals surface area contributed by atoms with Crippen molar-refractivity contribution in [3.63, 3.8) is 0 Å². The van der Waals surface area contributed by atoms with E-state index in [1.165, 1.54) is 12.1 Å². The summed E-state index contributed by atoms with van der Waals surface area (Å²) in [6, 6.07) is 10.8. The van der Waals surface area contributed by atoms with Crippen LogP contribution in [-0.2, 0) is 21.6 Å². The molecule has 1 unspecified atom stereocenters. The van der Waals surface area contributed by atoms with Gasteiger partial charge in [-0.1, -0.05) is 30.7 Å². The number of carbonyl (C=O) groups excluding carboxylic acids is 1. The number of rotatable bonds is 5. The first-order chi connectivity index (χ1) is 15.2. The molecular formula is C25H22N2O5. The molecule has 2 aromatic carbocycles. The zero-order chi connectivity index (χ0) is 23.1. The second-order valence-corrected chi connectivity index (χ2v) is 8.16. The SMILES string of the molecule is C#CCN1c2ccccc2C(C)(C)C12C=Cc1cc([N+](=O)[O-])cc(COC(=O)C=C)c1O2. The Morgan fingerprint density at radius 1 is 1.38 bits per heavy atom. The van der Waals surface area contributed by atoms with Gasteiger partial charge in [0.1, 0.15) is 12.4 Å². The number of nitrogens with zero attached hydrogens (tertiary/aromatic N) is 2. The van der Waals surface area contributed by atoms with Crippen LogP contribution in [0.15, 0.2) is 55.1 Å². The van der Waals surface area contributed by atoms with Gasteiger partial charge in [-0.25, -0.2) is 4.79 Å². The highest BCUT2D eigenvalue weighted by Crippen LogP contribution is 2.55. The third-order valence-corrected chi connectivity index (χ3v) is 6.09. The zero-order valence-electron chi connectivity index (χ0n) is 17.8. The molecule has 1 atom stereocenters. The third-order valence-electron chi connectivity index (χ3n) is 6.09. The number of ether oxygens (including phenoxy) is 2. The highest BCUT2D eigenvalue weighted by molar-refractivity contribution is 5.81. The lowest BCUT2D eigenvalue weighted by Crippen LogP contribution is -2.59. The van der Waals surface area contributed by atoms with Gasteiger partial charge in [0.2, 0.25) is 5.72 Å². The molecule has 2 heterocycles. The Labute approximate surface area is 186 Å². The Morgan fingerprint density at radius 3 is 2.81 bits per heavy atom. The standard InChI is InChI=1S/C25H22N2O5/c1-5-13-26-21-10-8-7-9-20(21)24(3,4)25(26)12-11-17-14-19(27(29)30)15-18(23(17)32-25)16-31-22(28)6-2/h1,6-12,14-15H,2,13,16H2,3-4H3. The molecule has 0 saturated carbocycles. The minimum Gasteiger partial charge on any atom is -0.462 e. The van der Waals surface area contributed by atoms with Crippen molar-refractivity contribution in [1.29, 1.82) is 0 Å². The van der Waals surface area contributed by atoms with E-state index in [2.05, 4.69) is 26.3 Å². The van der Waals surface area contributed by atoms with Crippen molar-refractivity contribution in [2.45, 2.75) is 31.6 Å². The van der Waals surface area contributed by atoms with Crippen molar-refractivity contribution in [2.24, 2.45) is 0 Å². The van der Waals surface area contributed by atoms with Crippen LogP contribution in [0.1, 0.15) is 30.5 Å². The van der Waals surface area contributed by atoms with E-state index in [4.69, 9.17) is 15.9 Å². The van der Waals surface area contributed by atoms with Gasteiger partial charge >= 0.3 is 5.97 Å². The van der Waals surface area contributed by atoms with E-state index >= 15 is 0 Å².